The van der Waals surface area contributed by atoms with Crippen molar-refractivity contribution >= 4 is 0 Å². The van der Waals surface area contributed by atoms with E-state index >= 15 is 0 Å². The standard InChI is InChI=1S/C16H18N2O/c1-2-6-14(7-3-1)12-18-10-11-19-16(13-18)15-8-4-5-9-17-15/h1-9,16H,10-13H2. The van der Waals surface area contributed by atoms with E-state index in [1.165, 1.54) is 5.56 Å². The van der Waals surface area contributed by atoms with Gasteiger partial charge < -0.3 is 4.74 Å². The van der Waals surface area contributed by atoms with Crippen molar-refractivity contribution in [1.29, 1.82) is 0 Å². The fourth-order valence-electron chi connectivity index (χ4n) is 2.43. The SMILES string of the molecule is c1ccc(CN2CCOC(c3ccccn3)C2)cc1. The lowest BCUT2D eigenvalue weighted by Gasteiger charge is -2.32. The van der Waals surface area contributed by atoms with Crippen LogP contribution in [-0.2, 0) is 11.3 Å². The number of rotatable bonds is 3. The number of benzene rings is 1. The van der Waals surface area contributed by atoms with Gasteiger partial charge in [0.1, 0.15) is 6.10 Å². The predicted octanol–water partition coefficient (Wildman–Crippen LogP) is 2.66. The summed E-state index contributed by atoms with van der Waals surface area (Å²) in [6, 6.07) is 16.6. The zero-order valence-corrected chi connectivity index (χ0v) is 10.9. The lowest BCUT2D eigenvalue weighted by Crippen LogP contribution is -2.38. The molecule has 0 bridgehead atoms. The Labute approximate surface area is 113 Å². The maximum Gasteiger partial charge on any atom is 0.112 e. The van der Waals surface area contributed by atoms with Gasteiger partial charge in [0.15, 0.2) is 0 Å². The Kier molecular flexibility index (Phi) is 3.86. The molecule has 2 aromatic rings. The number of ether oxygens (including phenoxy) is 1. The smallest absolute Gasteiger partial charge is 0.112 e. The minimum atomic E-state index is 0.0960. The predicted molar refractivity (Wildman–Crippen MR) is 74.6 cm³/mol. The number of nitrogens with zero attached hydrogens (tertiary/aromatic N) is 2. The molecule has 3 nitrogen and oxygen atoms in total. The third-order valence-electron chi connectivity index (χ3n) is 3.42. The molecular weight excluding hydrogens is 236 g/mol. The molecule has 0 spiro atoms. The molecule has 0 saturated carbocycles. The molecule has 1 atom stereocenters. The van der Waals surface area contributed by atoms with Crippen LogP contribution in [0.1, 0.15) is 17.4 Å². The Morgan fingerprint density at radius 2 is 1.95 bits per heavy atom. The second kappa shape index (κ2) is 5.95. The van der Waals surface area contributed by atoms with Crippen LogP contribution in [0.4, 0.5) is 0 Å². The highest BCUT2D eigenvalue weighted by atomic mass is 16.5. The number of aromatic nitrogens is 1. The summed E-state index contributed by atoms with van der Waals surface area (Å²) in [5.41, 5.74) is 2.38. The lowest BCUT2D eigenvalue weighted by molar-refractivity contribution is -0.0349. The van der Waals surface area contributed by atoms with Crippen LogP contribution in [0.2, 0.25) is 0 Å². The molecule has 0 N–H and O–H groups in total. The van der Waals surface area contributed by atoms with Crippen LogP contribution >= 0.6 is 0 Å². The van der Waals surface area contributed by atoms with E-state index in [1.54, 1.807) is 0 Å². The van der Waals surface area contributed by atoms with Crippen molar-refractivity contribution in [2.45, 2.75) is 12.6 Å². The Morgan fingerprint density at radius 1 is 1.11 bits per heavy atom. The van der Waals surface area contributed by atoms with E-state index < -0.39 is 0 Å². The van der Waals surface area contributed by atoms with Gasteiger partial charge in [0.05, 0.1) is 12.3 Å². The zero-order chi connectivity index (χ0) is 12.9. The molecule has 1 aliphatic heterocycles. The van der Waals surface area contributed by atoms with Crippen molar-refractivity contribution < 1.29 is 4.74 Å². The first-order valence-corrected chi connectivity index (χ1v) is 6.70. The van der Waals surface area contributed by atoms with Gasteiger partial charge >= 0.3 is 0 Å². The summed E-state index contributed by atoms with van der Waals surface area (Å²) in [5, 5.41) is 0. The van der Waals surface area contributed by atoms with E-state index in [4.69, 9.17) is 4.74 Å². The average molecular weight is 254 g/mol. The molecule has 1 saturated heterocycles. The summed E-state index contributed by atoms with van der Waals surface area (Å²) in [6.45, 7) is 3.64. The topological polar surface area (TPSA) is 25.4 Å². The first-order chi connectivity index (χ1) is 9.42. The highest BCUT2D eigenvalue weighted by molar-refractivity contribution is 5.15. The highest BCUT2D eigenvalue weighted by Gasteiger charge is 2.22. The summed E-state index contributed by atoms with van der Waals surface area (Å²) >= 11 is 0. The van der Waals surface area contributed by atoms with Crippen molar-refractivity contribution in [2.75, 3.05) is 19.7 Å². The van der Waals surface area contributed by atoms with E-state index in [-0.39, 0.29) is 6.10 Å². The summed E-state index contributed by atoms with van der Waals surface area (Å²) in [4.78, 5) is 6.82. The molecule has 1 unspecified atom stereocenters. The second-order valence-corrected chi connectivity index (χ2v) is 4.83. The first-order valence-electron chi connectivity index (χ1n) is 6.70. The van der Waals surface area contributed by atoms with Crippen LogP contribution in [-0.4, -0.2) is 29.6 Å². The Balaban J connectivity index is 1.65. The van der Waals surface area contributed by atoms with Crippen LogP contribution in [0.5, 0.6) is 0 Å². The Morgan fingerprint density at radius 3 is 2.74 bits per heavy atom. The van der Waals surface area contributed by atoms with Gasteiger partial charge in [-0.25, -0.2) is 0 Å². The normalized spacial score (nSPS) is 20.3. The van der Waals surface area contributed by atoms with E-state index in [1.807, 2.05) is 24.4 Å². The van der Waals surface area contributed by atoms with Crippen molar-refractivity contribution in [3.8, 4) is 0 Å². The molecule has 0 aliphatic carbocycles. The van der Waals surface area contributed by atoms with Gasteiger partial charge in [0, 0.05) is 25.8 Å². The molecule has 0 radical (unpaired) electrons. The molecule has 19 heavy (non-hydrogen) atoms. The van der Waals surface area contributed by atoms with Crippen LogP contribution in [0.3, 0.4) is 0 Å². The van der Waals surface area contributed by atoms with Crippen LogP contribution < -0.4 is 0 Å². The molecule has 3 heteroatoms. The lowest BCUT2D eigenvalue weighted by atomic mass is 10.1. The van der Waals surface area contributed by atoms with Gasteiger partial charge in [-0.05, 0) is 17.7 Å². The van der Waals surface area contributed by atoms with Gasteiger partial charge in [-0.3, -0.25) is 9.88 Å². The van der Waals surface area contributed by atoms with Crippen LogP contribution in [0, 0.1) is 0 Å². The van der Waals surface area contributed by atoms with Gasteiger partial charge in [-0.2, -0.15) is 0 Å². The number of hydrogen-bond acceptors (Lipinski definition) is 3. The minimum Gasteiger partial charge on any atom is -0.369 e. The molecule has 1 aromatic carbocycles. The second-order valence-electron chi connectivity index (χ2n) is 4.83. The molecule has 98 valence electrons. The Hall–Kier alpha value is -1.71. The largest absolute Gasteiger partial charge is 0.369 e. The third-order valence-corrected chi connectivity index (χ3v) is 3.42. The van der Waals surface area contributed by atoms with Gasteiger partial charge in [-0.15, -0.1) is 0 Å². The molecule has 0 amide bonds. The molecule has 3 rings (SSSR count). The fourth-order valence-corrected chi connectivity index (χ4v) is 2.43. The maximum atomic E-state index is 5.83. The van der Waals surface area contributed by atoms with E-state index in [9.17, 15) is 0 Å². The minimum absolute atomic E-state index is 0.0960. The van der Waals surface area contributed by atoms with Crippen molar-refractivity contribution in [3.05, 3.63) is 66.0 Å². The quantitative estimate of drug-likeness (QED) is 0.842. The third kappa shape index (κ3) is 3.19. The van der Waals surface area contributed by atoms with Crippen molar-refractivity contribution in [1.82, 2.24) is 9.88 Å². The van der Waals surface area contributed by atoms with Crippen LogP contribution in [0.25, 0.3) is 0 Å². The van der Waals surface area contributed by atoms with Gasteiger partial charge in [-0.1, -0.05) is 36.4 Å². The van der Waals surface area contributed by atoms with E-state index in [0.29, 0.717) is 0 Å². The highest BCUT2D eigenvalue weighted by Crippen LogP contribution is 2.21. The first kappa shape index (κ1) is 12.3. The number of hydrogen-bond donors (Lipinski definition) is 0. The maximum absolute atomic E-state index is 5.83. The molecule has 1 aromatic heterocycles. The fraction of sp³-hybridized carbons (Fsp3) is 0.312. The average Bonchev–Trinajstić information content (AvgIpc) is 2.49. The molecule has 2 heterocycles. The molecule has 1 fully saturated rings. The van der Waals surface area contributed by atoms with Gasteiger partial charge in [0.2, 0.25) is 0 Å². The number of pyridine rings is 1. The van der Waals surface area contributed by atoms with Crippen molar-refractivity contribution in [2.24, 2.45) is 0 Å². The summed E-state index contributed by atoms with van der Waals surface area (Å²) < 4.78 is 5.83. The summed E-state index contributed by atoms with van der Waals surface area (Å²) in [5.74, 6) is 0. The van der Waals surface area contributed by atoms with E-state index in [2.05, 4.69) is 40.2 Å². The van der Waals surface area contributed by atoms with E-state index in [0.717, 1.165) is 31.9 Å². The van der Waals surface area contributed by atoms with Crippen molar-refractivity contribution in [3.63, 3.8) is 0 Å². The number of morpholine rings is 1. The van der Waals surface area contributed by atoms with Crippen LogP contribution in [0.15, 0.2) is 54.7 Å². The summed E-state index contributed by atoms with van der Waals surface area (Å²) in [7, 11) is 0. The Bertz CT molecular complexity index is 501. The monoisotopic (exact) mass is 254 g/mol. The molecular formula is C16H18N2O. The summed E-state index contributed by atoms with van der Waals surface area (Å²) in [6.07, 6.45) is 1.92. The zero-order valence-electron chi connectivity index (χ0n) is 10.9. The molecule has 1 aliphatic rings. The van der Waals surface area contributed by atoms with Gasteiger partial charge in [0.25, 0.3) is 0 Å².